The summed E-state index contributed by atoms with van der Waals surface area (Å²) in [5.41, 5.74) is 0. The zero-order valence-corrected chi connectivity index (χ0v) is 12.5. The van der Waals surface area contributed by atoms with Crippen molar-refractivity contribution in [3.63, 3.8) is 0 Å². The SMILES string of the molecule is CC(C)CCCNC1CCCC(C(C)C)CC1. The van der Waals surface area contributed by atoms with E-state index in [0.29, 0.717) is 0 Å². The van der Waals surface area contributed by atoms with Gasteiger partial charge in [-0.05, 0) is 56.4 Å². The van der Waals surface area contributed by atoms with Gasteiger partial charge in [-0.1, -0.05) is 40.5 Å². The quantitative estimate of drug-likeness (QED) is 0.527. The van der Waals surface area contributed by atoms with Gasteiger partial charge in [0.1, 0.15) is 0 Å². The van der Waals surface area contributed by atoms with Crippen molar-refractivity contribution in [2.45, 2.75) is 78.7 Å². The molecule has 0 aliphatic heterocycles. The van der Waals surface area contributed by atoms with E-state index in [2.05, 4.69) is 33.0 Å². The van der Waals surface area contributed by atoms with Crippen LogP contribution in [0, 0.1) is 17.8 Å². The minimum Gasteiger partial charge on any atom is -0.314 e. The predicted octanol–water partition coefficient (Wildman–Crippen LogP) is 4.62. The van der Waals surface area contributed by atoms with Gasteiger partial charge in [-0.2, -0.15) is 0 Å². The van der Waals surface area contributed by atoms with Crippen molar-refractivity contribution in [2.75, 3.05) is 6.54 Å². The Morgan fingerprint density at radius 2 is 1.76 bits per heavy atom. The van der Waals surface area contributed by atoms with Gasteiger partial charge in [0.2, 0.25) is 0 Å². The molecular formula is C16H33N. The summed E-state index contributed by atoms with van der Waals surface area (Å²) in [5, 5.41) is 3.78. The Bertz CT molecular complexity index is 186. The Balaban J connectivity index is 2.14. The van der Waals surface area contributed by atoms with E-state index in [1.54, 1.807) is 0 Å². The predicted molar refractivity (Wildman–Crippen MR) is 77.3 cm³/mol. The first kappa shape index (κ1) is 15.0. The van der Waals surface area contributed by atoms with Crippen LogP contribution >= 0.6 is 0 Å². The number of rotatable bonds is 6. The largest absolute Gasteiger partial charge is 0.314 e. The lowest BCUT2D eigenvalue weighted by molar-refractivity contribution is 0.337. The third-order valence-corrected chi connectivity index (χ3v) is 4.35. The molecule has 1 nitrogen and oxygen atoms in total. The van der Waals surface area contributed by atoms with Crippen molar-refractivity contribution in [2.24, 2.45) is 17.8 Å². The summed E-state index contributed by atoms with van der Waals surface area (Å²) >= 11 is 0. The third kappa shape index (κ3) is 6.45. The summed E-state index contributed by atoms with van der Waals surface area (Å²) in [4.78, 5) is 0. The zero-order chi connectivity index (χ0) is 12.7. The van der Waals surface area contributed by atoms with Gasteiger partial charge in [0.05, 0.1) is 0 Å². The lowest BCUT2D eigenvalue weighted by Crippen LogP contribution is -2.29. The molecule has 0 aromatic heterocycles. The van der Waals surface area contributed by atoms with Crippen LogP contribution in [0.2, 0.25) is 0 Å². The van der Waals surface area contributed by atoms with Gasteiger partial charge in [-0.3, -0.25) is 0 Å². The molecule has 1 N–H and O–H groups in total. The first-order chi connectivity index (χ1) is 8.09. The van der Waals surface area contributed by atoms with Crippen molar-refractivity contribution < 1.29 is 0 Å². The Morgan fingerprint density at radius 3 is 2.41 bits per heavy atom. The highest BCUT2D eigenvalue weighted by Crippen LogP contribution is 2.28. The second-order valence-electron chi connectivity index (χ2n) is 6.70. The van der Waals surface area contributed by atoms with Crippen LogP contribution < -0.4 is 5.32 Å². The monoisotopic (exact) mass is 239 g/mol. The van der Waals surface area contributed by atoms with Crippen LogP contribution in [0.1, 0.15) is 72.6 Å². The fourth-order valence-corrected chi connectivity index (χ4v) is 3.02. The van der Waals surface area contributed by atoms with Crippen molar-refractivity contribution in [3.05, 3.63) is 0 Å². The van der Waals surface area contributed by atoms with Gasteiger partial charge in [0.25, 0.3) is 0 Å². The summed E-state index contributed by atoms with van der Waals surface area (Å²) in [6.07, 6.45) is 9.87. The van der Waals surface area contributed by atoms with Crippen LogP contribution in [0.5, 0.6) is 0 Å². The maximum atomic E-state index is 3.78. The second kappa shape index (κ2) is 8.13. The van der Waals surface area contributed by atoms with E-state index in [9.17, 15) is 0 Å². The van der Waals surface area contributed by atoms with Crippen LogP contribution in [0.25, 0.3) is 0 Å². The molecule has 1 rings (SSSR count). The number of nitrogens with one attached hydrogen (secondary N) is 1. The molecule has 1 heteroatoms. The highest BCUT2D eigenvalue weighted by atomic mass is 14.9. The van der Waals surface area contributed by atoms with E-state index in [1.807, 2.05) is 0 Å². The van der Waals surface area contributed by atoms with Crippen LogP contribution in [-0.4, -0.2) is 12.6 Å². The van der Waals surface area contributed by atoms with E-state index in [4.69, 9.17) is 0 Å². The van der Waals surface area contributed by atoms with Crippen LogP contribution in [-0.2, 0) is 0 Å². The second-order valence-corrected chi connectivity index (χ2v) is 6.70. The molecule has 1 aliphatic carbocycles. The summed E-state index contributed by atoms with van der Waals surface area (Å²) in [6, 6.07) is 0.811. The van der Waals surface area contributed by atoms with E-state index in [1.165, 1.54) is 51.5 Å². The molecule has 1 saturated carbocycles. The molecule has 0 saturated heterocycles. The molecular weight excluding hydrogens is 206 g/mol. The van der Waals surface area contributed by atoms with Crippen molar-refractivity contribution >= 4 is 0 Å². The van der Waals surface area contributed by atoms with Gasteiger partial charge in [-0.15, -0.1) is 0 Å². The molecule has 0 aromatic carbocycles. The molecule has 0 radical (unpaired) electrons. The molecule has 0 amide bonds. The normalized spacial score (nSPS) is 26.5. The van der Waals surface area contributed by atoms with E-state index in [0.717, 1.165) is 23.8 Å². The Labute approximate surface area is 109 Å². The Hall–Kier alpha value is -0.0400. The third-order valence-electron chi connectivity index (χ3n) is 4.35. The molecule has 1 fully saturated rings. The van der Waals surface area contributed by atoms with Crippen LogP contribution in [0.4, 0.5) is 0 Å². The van der Waals surface area contributed by atoms with Crippen LogP contribution in [0.15, 0.2) is 0 Å². The van der Waals surface area contributed by atoms with E-state index in [-0.39, 0.29) is 0 Å². The molecule has 2 atom stereocenters. The minimum absolute atomic E-state index is 0.811. The first-order valence-corrected chi connectivity index (χ1v) is 7.83. The van der Waals surface area contributed by atoms with Gasteiger partial charge in [0, 0.05) is 6.04 Å². The number of hydrogen-bond donors (Lipinski definition) is 1. The molecule has 1 aliphatic rings. The molecule has 2 unspecified atom stereocenters. The summed E-state index contributed by atoms with van der Waals surface area (Å²) < 4.78 is 0. The van der Waals surface area contributed by atoms with Gasteiger partial charge >= 0.3 is 0 Å². The topological polar surface area (TPSA) is 12.0 Å². The smallest absolute Gasteiger partial charge is 0.00671 e. The Morgan fingerprint density at radius 1 is 1.00 bits per heavy atom. The molecule has 0 bridgehead atoms. The van der Waals surface area contributed by atoms with Crippen LogP contribution in [0.3, 0.4) is 0 Å². The average molecular weight is 239 g/mol. The average Bonchev–Trinajstić information content (AvgIpc) is 2.49. The molecule has 0 heterocycles. The van der Waals surface area contributed by atoms with Crippen molar-refractivity contribution in [1.82, 2.24) is 5.32 Å². The van der Waals surface area contributed by atoms with Crippen molar-refractivity contribution in [1.29, 1.82) is 0 Å². The van der Waals surface area contributed by atoms with E-state index < -0.39 is 0 Å². The maximum Gasteiger partial charge on any atom is 0.00671 e. The van der Waals surface area contributed by atoms with E-state index >= 15 is 0 Å². The highest BCUT2D eigenvalue weighted by Gasteiger charge is 2.20. The van der Waals surface area contributed by atoms with Gasteiger partial charge in [-0.25, -0.2) is 0 Å². The fourth-order valence-electron chi connectivity index (χ4n) is 3.02. The first-order valence-electron chi connectivity index (χ1n) is 7.83. The summed E-state index contributed by atoms with van der Waals surface area (Å²) in [7, 11) is 0. The standard InChI is InChI=1S/C16H33N/c1-13(2)7-6-12-17-16-9-5-8-15(10-11-16)14(3)4/h13-17H,5-12H2,1-4H3. The van der Waals surface area contributed by atoms with Gasteiger partial charge in [0.15, 0.2) is 0 Å². The lowest BCUT2D eigenvalue weighted by Gasteiger charge is -2.19. The Kier molecular flexibility index (Phi) is 7.18. The zero-order valence-electron chi connectivity index (χ0n) is 12.5. The molecule has 17 heavy (non-hydrogen) atoms. The summed E-state index contributed by atoms with van der Waals surface area (Å²) in [6.45, 7) is 10.6. The highest BCUT2D eigenvalue weighted by molar-refractivity contribution is 4.76. The lowest BCUT2D eigenvalue weighted by atomic mass is 9.89. The number of hydrogen-bond acceptors (Lipinski definition) is 1. The van der Waals surface area contributed by atoms with Gasteiger partial charge < -0.3 is 5.32 Å². The minimum atomic E-state index is 0.811. The maximum absolute atomic E-state index is 3.78. The molecule has 0 spiro atoms. The fraction of sp³-hybridized carbons (Fsp3) is 1.00. The summed E-state index contributed by atoms with van der Waals surface area (Å²) in [5.74, 6) is 2.73. The molecule has 102 valence electrons. The van der Waals surface area contributed by atoms with Crippen molar-refractivity contribution in [3.8, 4) is 0 Å². The molecule has 0 aromatic rings.